The van der Waals surface area contributed by atoms with Crippen LogP contribution < -0.4 is 10.6 Å². The van der Waals surface area contributed by atoms with E-state index < -0.39 is 13.0 Å². The van der Waals surface area contributed by atoms with Crippen molar-refractivity contribution in [1.82, 2.24) is 0 Å². The standard InChI is InChI=1S/C12H17F2N3OS/c1-19-9-4-2-3-8(11(9)12(15)16)17(5-6-18)7-10(13)14/h2-4,10,18H,5-7H2,1H3,(H3,15,16). The average Bonchev–Trinajstić information content (AvgIpc) is 2.36. The molecule has 0 saturated heterocycles. The number of nitrogens with two attached hydrogens (primary N) is 1. The van der Waals surface area contributed by atoms with Gasteiger partial charge in [0.2, 0.25) is 0 Å². The smallest absolute Gasteiger partial charge is 0.255 e. The summed E-state index contributed by atoms with van der Waals surface area (Å²) in [4.78, 5) is 2.10. The van der Waals surface area contributed by atoms with Gasteiger partial charge in [-0.15, -0.1) is 11.8 Å². The first-order valence-electron chi connectivity index (χ1n) is 5.66. The highest BCUT2D eigenvalue weighted by atomic mass is 32.2. The summed E-state index contributed by atoms with van der Waals surface area (Å²) in [6.45, 7) is -0.672. The second kappa shape index (κ2) is 7.30. The molecule has 0 bridgehead atoms. The number of amidine groups is 1. The van der Waals surface area contributed by atoms with Crippen molar-refractivity contribution in [2.75, 3.05) is 30.9 Å². The molecule has 0 aliphatic heterocycles. The summed E-state index contributed by atoms with van der Waals surface area (Å²) >= 11 is 1.39. The fourth-order valence-corrected chi connectivity index (χ4v) is 2.45. The number of aliphatic hydroxyl groups excluding tert-OH is 1. The van der Waals surface area contributed by atoms with E-state index in [9.17, 15) is 8.78 Å². The van der Waals surface area contributed by atoms with Crippen molar-refractivity contribution < 1.29 is 13.9 Å². The summed E-state index contributed by atoms with van der Waals surface area (Å²) in [7, 11) is 0. The summed E-state index contributed by atoms with van der Waals surface area (Å²) < 4.78 is 25.2. The predicted octanol–water partition coefficient (Wildman–Crippen LogP) is 1.76. The molecule has 0 heterocycles. The number of rotatable bonds is 7. The molecule has 0 unspecified atom stereocenters. The first kappa shape index (κ1) is 15.7. The quantitative estimate of drug-likeness (QED) is 0.406. The second-order valence-electron chi connectivity index (χ2n) is 3.83. The van der Waals surface area contributed by atoms with E-state index in [1.54, 1.807) is 18.2 Å². The molecule has 0 saturated carbocycles. The van der Waals surface area contributed by atoms with E-state index in [2.05, 4.69) is 0 Å². The van der Waals surface area contributed by atoms with Gasteiger partial charge in [-0.25, -0.2) is 8.78 Å². The summed E-state index contributed by atoms with van der Waals surface area (Å²) in [5, 5.41) is 16.6. The van der Waals surface area contributed by atoms with Crippen molar-refractivity contribution in [3.8, 4) is 0 Å². The first-order chi connectivity index (χ1) is 9.01. The normalized spacial score (nSPS) is 10.8. The summed E-state index contributed by atoms with van der Waals surface area (Å²) in [6.07, 6.45) is -0.695. The predicted molar refractivity (Wildman–Crippen MR) is 74.5 cm³/mol. The van der Waals surface area contributed by atoms with E-state index in [-0.39, 0.29) is 19.0 Å². The average molecular weight is 289 g/mol. The maximum absolute atomic E-state index is 12.6. The summed E-state index contributed by atoms with van der Waals surface area (Å²) in [6, 6.07) is 5.14. The molecule has 106 valence electrons. The molecule has 0 aliphatic rings. The van der Waals surface area contributed by atoms with E-state index in [0.717, 1.165) is 4.90 Å². The minimum atomic E-state index is -2.52. The molecular weight excluding hydrogens is 272 g/mol. The third-order valence-electron chi connectivity index (χ3n) is 2.56. The van der Waals surface area contributed by atoms with Gasteiger partial charge in [0.1, 0.15) is 5.84 Å². The van der Waals surface area contributed by atoms with Crippen molar-refractivity contribution in [2.24, 2.45) is 5.73 Å². The number of thioether (sulfide) groups is 1. The molecule has 1 aromatic rings. The molecular formula is C12H17F2N3OS. The molecule has 0 fully saturated rings. The van der Waals surface area contributed by atoms with Crippen LogP contribution in [0.4, 0.5) is 14.5 Å². The fraction of sp³-hybridized carbons (Fsp3) is 0.417. The van der Waals surface area contributed by atoms with Gasteiger partial charge in [-0.3, -0.25) is 5.41 Å². The molecule has 0 atom stereocenters. The summed E-state index contributed by atoms with van der Waals surface area (Å²) in [5.74, 6) is -0.169. The van der Waals surface area contributed by atoms with Crippen LogP contribution in [0.15, 0.2) is 23.1 Å². The van der Waals surface area contributed by atoms with Crippen LogP contribution in [0, 0.1) is 5.41 Å². The second-order valence-corrected chi connectivity index (χ2v) is 4.68. The Morgan fingerprint density at radius 2 is 2.21 bits per heavy atom. The Bertz CT molecular complexity index is 443. The lowest BCUT2D eigenvalue weighted by molar-refractivity contribution is 0.153. The van der Waals surface area contributed by atoms with Crippen LogP contribution in [0.5, 0.6) is 0 Å². The molecule has 4 N–H and O–H groups in total. The number of benzene rings is 1. The zero-order chi connectivity index (χ0) is 14.4. The molecule has 19 heavy (non-hydrogen) atoms. The Kier molecular flexibility index (Phi) is 6.04. The van der Waals surface area contributed by atoms with Crippen LogP contribution in [-0.2, 0) is 0 Å². The van der Waals surface area contributed by atoms with Crippen LogP contribution >= 0.6 is 11.8 Å². The Balaban J connectivity index is 3.24. The van der Waals surface area contributed by atoms with E-state index in [4.69, 9.17) is 16.2 Å². The van der Waals surface area contributed by atoms with Crippen molar-refractivity contribution in [3.63, 3.8) is 0 Å². The molecule has 7 heteroatoms. The number of halogens is 2. The molecule has 0 amide bonds. The lowest BCUT2D eigenvalue weighted by atomic mass is 10.1. The van der Waals surface area contributed by atoms with Gasteiger partial charge in [0.05, 0.1) is 18.7 Å². The van der Waals surface area contributed by atoms with Gasteiger partial charge in [0.25, 0.3) is 6.43 Å². The Morgan fingerprint density at radius 3 is 2.68 bits per heavy atom. The van der Waals surface area contributed by atoms with Gasteiger partial charge in [0, 0.05) is 17.1 Å². The lowest BCUT2D eigenvalue weighted by Crippen LogP contribution is -2.33. The van der Waals surface area contributed by atoms with Crippen molar-refractivity contribution in [3.05, 3.63) is 23.8 Å². The Morgan fingerprint density at radius 1 is 1.53 bits per heavy atom. The van der Waals surface area contributed by atoms with Crippen molar-refractivity contribution in [1.29, 1.82) is 5.41 Å². The highest BCUT2D eigenvalue weighted by Gasteiger charge is 2.19. The number of nitrogens with zero attached hydrogens (tertiary/aromatic N) is 1. The Hall–Kier alpha value is -1.34. The van der Waals surface area contributed by atoms with Crippen LogP contribution in [-0.4, -0.2) is 43.3 Å². The van der Waals surface area contributed by atoms with E-state index in [0.29, 0.717) is 11.3 Å². The third-order valence-corrected chi connectivity index (χ3v) is 3.34. The highest BCUT2D eigenvalue weighted by Crippen LogP contribution is 2.29. The number of nitrogens with one attached hydrogen (secondary N) is 1. The highest BCUT2D eigenvalue weighted by molar-refractivity contribution is 7.98. The molecule has 4 nitrogen and oxygen atoms in total. The molecule has 1 aromatic carbocycles. The van der Waals surface area contributed by atoms with Gasteiger partial charge in [0.15, 0.2) is 0 Å². The lowest BCUT2D eigenvalue weighted by Gasteiger charge is -2.26. The van der Waals surface area contributed by atoms with Crippen molar-refractivity contribution >= 4 is 23.3 Å². The van der Waals surface area contributed by atoms with Crippen molar-refractivity contribution in [2.45, 2.75) is 11.3 Å². The molecule has 0 aliphatic carbocycles. The van der Waals surface area contributed by atoms with Gasteiger partial charge < -0.3 is 15.7 Å². The van der Waals surface area contributed by atoms with Gasteiger partial charge >= 0.3 is 0 Å². The monoisotopic (exact) mass is 289 g/mol. The number of anilines is 1. The molecule has 1 rings (SSSR count). The third kappa shape index (κ3) is 4.07. The van der Waals surface area contributed by atoms with E-state index >= 15 is 0 Å². The largest absolute Gasteiger partial charge is 0.395 e. The zero-order valence-corrected chi connectivity index (χ0v) is 11.4. The Labute approximate surface area is 115 Å². The summed E-state index contributed by atoms with van der Waals surface area (Å²) in [5.41, 5.74) is 6.44. The number of alkyl halides is 2. The van der Waals surface area contributed by atoms with E-state index in [1.807, 2.05) is 6.26 Å². The number of hydrogen-bond donors (Lipinski definition) is 3. The molecule has 0 spiro atoms. The fourth-order valence-electron chi connectivity index (χ4n) is 1.82. The first-order valence-corrected chi connectivity index (χ1v) is 6.89. The number of aliphatic hydroxyl groups is 1. The van der Waals surface area contributed by atoms with Crippen LogP contribution in [0.2, 0.25) is 0 Å². The van der Waals surface area contributed by atoms with E-state index in [1.165, 1.54) is 16.7 Å². The van der Waals surface area contributed by atoms with Crippen LogP contribution in [0.1, 0.15) is 5.56 Å². The number of nitrogen functional groups attached to an aromatic ring is 1. The maximum Gasteiger partial charge on any atom is 0.255 e. The molecule has 0 radical (unpaired) electrons. The molecule has 0 aromatic heterocycles. The van der Waals surface area contributed by atoms with Crippen LogP contribution in [0.3, 0.4) is 0 Å². The number of hydrogen-bond acceptors (Lipinski definition) is 4. The minimum absolute atomic E-state index is 0.0719. The van der Waals surface area contributed by atoms with Gasteiger partial charge in [-0.05, 0) is 18.4 Å². The van der Waals surface area contributed by atoms with Gasteiger partial charge in [-0.1, -0.05) is 6.07 Å². The minimum Gasteiger partial charge on any atom is -0.395 e. The topological polar surface area (TPSA) is 73.3 Å². The maximum atomic E-state index is 12.6. The SMILES string of the molecule is CSc1cccc(N(CCO)CC(F)F)c1C(=N)N. The van der Waals surface area contributed by atoms with Crippen LogP contribution in [0.25, 0.3) is 0 Å². The zero-order valence-electron chi connectivity index (χ0n) is 10.6. The van der Waals surface area contributed by atoms with Gasteiger partial charge in [-0.2, -0.15) is 0 Å².